The number of nitrogens with zero attached hydrogens (tertiary/aromatic N) is 2. The van der Waals surface area contributed by atoms with Crippen LogP contribution in [0, 0.1) is 0 Å². The first-order valence-electron chi connectivity index (χ1n) is 5.74. The van der Waals surface area contributed by atoms with E-state index in [1.165, 1.54) is 0 Å². The van der Waals surface area contributed by atoms with E-state index in [0.717, 1.165) is 5.69 Å². The highest BCUT2D eigenvalue weighted by Gasteiger charge is 2.39. The number of hydrogen-bond donors (Lipinski definition) is 1. The summed E-state index contributed by atoms with van der Waals surface area (Å²) in [5.74, 6) is 0. The molecule has 4 nitrogen and oxygen atoms in total. The molecule has 1 aliphatic heterocycles. The molecular formula is C12H20N2O2. The molecule has 1 atom stereocenters. The quantitative estimate of drug-likeness (QED) is 0.823. The summed E-state index contributed by atoms with van der Waals surface area (Å²) in [6, 6.07) is 1.96. The second kappa shape index (κ2) is 3.86. The Labute approximate surface area is 96.2 Å². The van der Waals surface area contributed by atoms with E-state index in [2.05, 4.69) is 5.10 Å². The zero-order chi connectivity index (χ0) is 11.8. The molecule has 0 aliphatic carbocycles. The maximum atomic E-state index is 10.5. The largest absolute Gasteiger partial charge is 0.389 e. The first-order valence-corrected chi connectivity index (χ1v) is 5.74. The van der Waals surface area contributed by atoms with Gasteiger partial charge >= 0.3 is 0 Å². The van der Waals surface area contributed by atoms with Crippen LogP contribution in [0.15, 0.2) is 12.3 Å². The van der Waals surface area contributed by atoms with E-state index < -0.39 is 5.60 Å². The van der Waals surface area contributed by atoms with Crippen LogP contribution in [0.1, 0.15) is 32.4 Å². The highest BCUT2D eigenvalue weighted by molar-refractivity contribution is 5.06. The van der Waals surface area contributed by atoms with E-state index in [4.69, 9.17) is 4.74 Å². The van der Waals surface area contributed by atoms with Crippen molar-refractivity contribution < 1.29 is 9.84 Å². The van der Waals surface area contributed by atoms with E-state index in [-0.39, 0.29) is 5.60 Å². The summed E-state index contributed by atoms with van der Waals surface area (Å²) in [5.41, 5.74) is 0.0421. The predicted octanol–water partition coefficient (Wildman–Crippen LogP) is 1.28. The van der Waals surface area contributed by atoms with E-state index in [1.807, 2.05) is 33.2 Å². The normalized spacial score (nSPS) is 29.2. The zero-order valence-corrected chi connectivity index (χ0v) is 10.2. The molecule has 1 aromatic heterocycles. The van der Waals surface area contributed by atoms with E-state index >= 15 is 0 Å². The number of aliphatic hydroxyl groups is 1. The van der Waals surface area contributed by atoms with Gasteiger partial charge in [-0.05, 0) is 26.3 Å². The van der Waals surface area contributed by atoms with Crippen LogP contribution in [0.5, 0.6) is 0 Å². The number of ether oxygens (including phenoxy) is 1. The summed E-state index contributed by atoms with van der Waals surface area (Å²) in [4.78, 5) is 0. The summed E-state index contributed by atoms with van der Waals surface area (Å²) in [6.45, 7) is 4.67. The molecule has 0 amide bonds. The standard InChI is InChI=1S/C12H20N2O2/c1-11(2)9-12(15,5-7-16-11)8-10-4-6-14(3)13-10/h4,6,15H,5,7-9H2,1-3H3. The zero-order valence-electron chi connectivity index (χ0n) is 10.2. The third kappa shape index (κ3) is 2.62. The molecule has 2 heterocycles. The monoisotopic (exact) mass is 224 g/mol. The lowest BCUT2D eigenvalue weighted by molar-refractivity contribution is -0.143. The van der Waals surface area contributed by atoms with Gasteiger partial charge in [0.05, 0.1) is 23.5 Å². The van der Waals surface area contributed by atoms with Gasteiger partial charge in [-0.1, -0.05) is 0 Å². The van der Waals surface area contributed by atoms with E-state index in [1.54, 1.807) is 4.68 Å². The number of aryl methyl sites for hydroxylation is 1. The summed E-state index contributed by atoms with van der Waals surface area (Å²) >= 11 is 0. The van der Waals surface area contributed by atoms with Gasteiger partial charge < -0.3 is 9.84 Å². The minimum atomic E-state index is -0.671. The molecular weight excluding hydrogens is 204 g/mol. The fourth-order valence-corrected chi connectivity index (χ4v) is 2.49. The highest BCUT2D eigenvalue weighted by atomic mass is 16.5. The average Bonchev–Trinajstić information content (AvgIpc) is 2.47. The lowest BCUT2D eigenvalue weighted by Gasteiger charge is -2.41. The Morgan fingerprint density at radius 3 is 2.88 bits per heavy atom. The molecule has 1 saturated heterocycles. The second-order valence-electron chi connectivity index (χ2n) is 5.42. The van der Waals surface area contributed by atoms with Gasteiger partial charge in [0.2, 0.25) is 0 Å². The van der Waals surface area contributed by atoms with Crippen molar-refractivity contribution in [3.8, 4) is 0 Å². The molecule has 1 aromatic rings. The Morgan fingerprint density at radius 2 is 2.31 bits per heavy atom. The predicted molar refractivity (Wildman–Crippen MR) is 61.1 cm³/mol. The summed E-state index contributed by atoms with van der Waals surface area (Å²) < 4.78 is 7.39. The number of aromatic nitrogens is 2. The molecule has 16 heavy (non-hydrogen) atoms. The second-order valence-corrected chi connectivity index (χ2v) is 5.42. The van der Waals surface area contributed by atoms with Crippen molar-refractivity contribution in [3.63, 3.8) is 0 Å². The van der Waals surface area contributed by atoms with E-state index in [0.29, 0.717) is 25.9 Å². The first kappa shape index (κ1) is 11.6. The molecule has 0 aromatic carbocycles. The molecule has 1 fully saturated rings. The minimum absolute atomic E-state index is 0.234. The van der Waals surface area contributed by atoms with Crippen molar-refractivity contribution >= 4 is 0 Å². The molecule has 4 heteroatoms. The lowest BCUT2D eigenvalue weighted by atomic mass is 9.81. The Kier molecular flexibility index (Phi) is 2.80. The Bertz CT molecular complexity index is 373. The molecule has 0 bridgehead atoms. The SMILES string of the molecule is Cn1ccc(CC2(O)CCOC(C)(C)C2)n1. The number of rotatable bonds is 2. The molecule has 1 aliphatic rings. The lowest BCUT2D eigenvalue weighted by Crippen LogP contribution is -2.47. The maximum Gasteiger partial charge on any atom is 0.0752 e. The molecule has 0 spiro atoms. The molecule has 1 unspecified atom stereocenters. The number of hydrogen-bond acceptors (Lipinski definition) is 3. The van der Waals surface area contributed by atoms with Gasteiger partial charge in [-0.25, -0.2) is 0 Å². The Morgan fingerprint density at radius 1 is 1.56 bits per heavy atom. The fraction of sp³-hybridized carbons (Fsp3) is 0.750. The van der Waals surface area contributed by atoms with Crippen LogP contribution >= 0.6 is 0 Å². The van der Waals surface area contributed by atoms with Crippen LogP contribution in [0.3, 0.4) is 0 Å². The third-order valence-corrected chi connectivity index (χ3v) is 3.09. The van der Waals surface area contributed by atoms with Crippen molar-refractivity contribution in [3.05, 3.63) is 18.0 Å². The van der Waals surface area contributed by atoms with E-state index in [9.17, 15) is 5.11 Å². The minimum Gasteiger partial charge on any atom is -0.389 e. The van der Waals surface area contributed by atoms with Crippen LogP contribution in [-0.2, 0) is 18.2 Å². The molecule has 90 valence electrons. The van der Waals surface area contributed by atoms with Crippen LogP contribution in [0.4, 0.5) is 0 Å². The van der Waals surface area contributed by atoms with Gasteiger partial charge in [0.25, 0.3) is 0 Å². The van der Waals surface area contributed by atoms with Crippen molar-refractivity contribution in [2.24, 2.45) is 7.05 Å². The summed E-state index contributed by atoms with van der Waals surface area (Å²) in [6.07, 6.45) is 3.87. The highest BCUT2D eigenvalue weighted by Crippen LogP contribution is 2.33. The van der Waals surface area contributed by atoms with Gasteiger partial charge in [-0.2, -0.15) is 5.10 Å². The third-order valence-electron chi connectivity index (χ3n) is 3.09. The molecule has 2 rings (SSSR count). The Hall–Kier alpha value is -0.870. The molecule has 1 N–H and O–H groups in total. The van der Waals surface area contributed by atoms with Crippen molar-refractivity contribution in [2.45, 2.75) is 44.3 Å². The van der Waals surface area contributed by atoms with Gasteiger partial charge in [0.15, 0.2) is 0 Å². The summed E-state index contributed by atoms with van der Waals surface area (Å²) in [5, 5.41) is 14.9. The average molecular weight is 224 g/mol. The first-order chi connectivity index (χ1) is 7.39. The maximum absolute atomic E-state index is 10.5. The van der Waals surface area contributed by atoms with Crippen LogP contribution < -0.4 is 0 Å². The van der Waals surface area contributed by atoms with Crippen molar-refractivity contribution in [1.29, 1.82) is 0 Å². The van der Waals surface area contributed by atoms with Crippen LogP contribution in [0.2, 0.25) is 0 Å². The fourth-order valence-electron chi connectivity index (χ4n) is 2.49. The van der Waals surface area contributed by atoms with Gasteiger partial charge in [0.1, 0.15) is 0 Å². The molecule has 0 saturated carbocycles. The Balaban J connectivity index is 2.07. The van der Waals surface area contributed by atoms with Gasteiger partial charge in [0, 0.05) is 26.1 Å². The van der Waals surface area contributed by atoms with Crippen LogP contribution in [-0.4, -0.2) is 32.7 Å². The molecule has 0 radical (unpaired) electrons. The summed E-state index contributed by atoms with van der Waals surface area (Å²) in [7, 11) is 1.89. The van der Waals surface area contributed by atoms with Gasteiger partial charge in [-0.3, -0.25) is 4.68 Å². The van der Waals surface area contributed by atoms with Gasteiger partial charge in [-0.15, -0.1) is 0 Å². The van der Waals surface area contributed by atoms with Crippen molar-refractivity contribution in [1.82, 2.24) is 9.78 Å². The smallest absolute Gasteiger partial charge is 0.0752 e. The van der Waals surface area contributed by atoms with Crippen LogP contribution in [0.25, 0.3) is 0 Å². The topological polar surface area (TPSA) is 47.3 Å². The van der Waals surface area contributed by atoms with Crippen molar-refractivity contribution in [2.75, 3.05) is 6.61 Å².